The van der Waals surface area contributed by atoms with Gasteiger partial charge in [-0.2, -0.15) is 4.98 Å². The average Bonchev–Trinajstić information content (AvgIpc) is 3.35. The Morgan fingerprint density at radius 1 is 1.10 bits per heavy atom. The monoisotopic (exact) mass is 413 g/mol. The van der Waals surface area contributed by atoms with Crippen LogP contribution in [0.15, 0.2) is 57.9 Å². The fourth-order valence-electron chi connectivity index (χ4n) is 3.24. The summed E-state index contributed by atoms with van der Waals surface area (Å²) in [4.78, 5) is 16.8. The lowest BCUT2D eigenvalue weighted by Gasteiger charge is -2.21. The van der Waals surface area contributed by atoms with Crippen LogP contribution in [0.5, 0.6) is 5.75 Å². The van der Waals surface area contributed by atoms with E-state index >= 15 is 0 Å². The summed E-state index contributed by atoms with van der Waals surface area (Å²) in [5, 5.41) is 3.95. The van der Waals surface area contributed by atoms with Crippen LogP contribution in [0.2, 0.25) is 0 Å². The molecule has 1 aromatic heterocycles. The number of aromatic nitrogens is 2. The minimum atomic E-state index is -4.03. The lowest BCUT2D eigenvalue weighted by Crippen LogP contribution is -2.34. The van der Waals surface area contributed by atoms with Crippen LogP contribution in [0.4, 0.5) is 0 Å². The molecule has 150 valence electrons. The van der Waals surface area contributed by atoms with E-state index in [-0.39, 0.29) is 23.6 Å². The molecule has 0 bridgehead atoms. The van der Waals surface area contributed by atoms with Crippen LogP contribution in [0.25, 0.3) is 11.4 Å². The van der Waals surface area contributed by atoms with Crippen LogP contribution < -0.4 is 4.74 Å². The molecule has 0 radical (unpaired) electrons. The Bertz CT molecular complexity index is 1140. The Hall–Kier alpha value is -3.20. The summed E-state index contributed by atoms with van der Waals surface area (Å²) in [7, 11) is -2.46. The zero-order chi connectivity index (χ0) is 20.6. The molecule has 0 N–H and O–H groups in total. The molecular formula is C20H19N3O5S. The standard InChI is InChI=1S/C20H19N3O5S/c1-13-3-9-16(10-4-13)29(25,26)23-17(11-12-18(23)24)20-21-19(22-28-20)14-5-7-15(27-2)8-6-14/h3-10,17H,11-12H2,1-2H3/t17-/m1/s1. The normalized spacial score (nSPS) is 17.0. The van der Waals surface area contributed by atoms with Gasteiger partial charge in [0.05, 0.1) is 12.0 Å². The molecule has 29 heavy (non-hydrogen) atoms. The number of benzene rings is 2. The second kappa shape index (κ2) is 7.32. The van der Waals surface area contributed by atoms with Crippen molar-refractivity contribution in [3.63, 3.8) is 0 Å². The lowest BCUT2D eigenvalue weighted by atomic mass is 10.2. The zero-order valence-electron chi connectivity index (χ0n) is 15.9. The summed E-state index contributed by atoms with van der Waals surface area (Å²) in [6, 6.07) is 12.6. The summed E-state index contributed by atoms with van der Waals surface area (Å²) >= 11 is 0. The van der Waals surface area contributed by atoms with Crippen molar-refractivity contribution in [2.45, 2.75) is 30.7 Å². The molecule has 1 fully saturated rings. The number of rotatable bonds is 5. The van der Waals surface area contributed by atoms with Gasteiger partial charge in [-0.1, -0.05) is 22.9 Å². The molecular weight excluding hydrogens is 394 g/mol. The maximum Gasteiger partial charge on any atom is 0.267 e. The second-order valence-electron chi connectivity index (χ2n) is 6.75. The highest BCUT2D eigenvalue weighted by atomic mass is 32.2. The molecule has 1 saturated heterocycles. The molecule has 1 amide bonds. The molecule has 1 aliphatic heterocycles. The molecule has 0 unspecified atom stereocenters. The summed E-state index contributed by atoms with van der Waals surface area (Å²) < 4.78 is 37.5. The topological polar surface area (TPSA) is 103 Å². The van der Waals surface area contributed by atoms with E-state index in [1.165, 1.54) is 12.1 Å². The Morgan fingerprint density at radius 2 is 1.79 bits per heavy atom. The van der Waals surface area contributed by atoms with Crippen molar-refractivity contribution in [3.05, 3.63) is 60.0 Å². The third kappa shape index (κ3) is 3.49. The zero-order valence-corrected chi connectivity index (χ0v) is 16.7. The number of carbonyl (C=O) groups is 1. The van der Waals surface area contributed by atoms with Crippen molar-refractivity contribution in [2.24, 2.45) is 0 Å². The molecule has 3 aromatic rings. The minimum Gasteiger partial charge on any atom is -0.497 e. The van der Waals surface area contributed by atoms with E-state index in [4.69, 9.17) is 9.26 Å². The van der Waals surface area contributed by atoms with Gasteiger partial charge in [-0.05, 0) is 49.7 Å². The van der Waals surface area contributed by atoms with Crippen LogP contribution in [0, 0.1) is 6.92 Å². The van der Waals surface area contributed by atoms with Gasteiger partial charge >= 0.3 is 0 Å². The third-order valence-electron chi connectivity index (χ3n) is 4.81. The van der Waals surface area contributed by atoms with E-state index < -0.39 is 22.0 Å². The molecule has 2 heterocycles. The average molecular weight is 413 g/mol. The summed E-state index contributed by atoms with van der Waals surface area (Å²) in [6.07, 6.45) is 0.379. The Kier molecular flexibility index (Phi) is 4.83. The van der Waals surface area contributed by atoms with E-state index in [9.17, 15) is 13.2 Å². The van der Waals surface area contributed by atoms with E-state index in [1.807, 2.05) is 6.92 Å². The number of hydrogen-bond donors (Lipinski definition) is 0. The number of ether oxygens (including phenoxy) is 1. The van der Waals surface area contributed by atoms with Crippen molar-refractivity contribution in [3.8, 4) is 17.1 Å². The Balaban J connectivity index is 1.66. The molecule has 0 spiro atoms. The number of aryl methyl sites for hydroxylation is 1. The number of nitrogens with zero attached hydrogens (tertiary/aromatic N) is 3. The fourth-order valence-corrected chi connectivity index (χ4v) is 4.84. The number of methoxy groups -OCH3 is 1. The van der Waals surface area contributed by atoms with Gasteiger partial charge in [0.2, 0.25) is 11.7 Å². The summed E-state index contributed by atoms with van der Waals surface area (Å²) in [5.41, 5.74) is 1.62. The molecule has 1 aliphatic rings. The van der Waals surface area contributed by atoms with Gasteiger partial charge in [-0.15, -0.1) is 0 Å². The Morgan fingerprint density at radius 3 is 2.45 bits per heavy atom. The number of amides is 1. The first-order valence-electron chi connectivity index (χ1n) is 9.02. The van der Waals surface area contributed by atoms with Gasteiger partial charge in [-0.25, -0.2) is 12.7 Å². The predicted octanol–water partition coefficient (Wildman–Crippen LogP) is 3.11. The largest absolute Gasteiger partial charge is 0.497 e. The van der Waals surface area contributed by atoms with Gasteiger partial charge in [-0.3, -0.25) is 4.79 Å². The third-order valence-corrected chi connectivity index (χ3v) is 6.66. The molecule has 9 heteroatoms. The summed E-state index contributed by atoms with van der Waals surface area (Å²) in [6.45, 7) is 1.86. The molecule has 8 nitrogen and oxygen atoms in total. The highest BCUT2D eigenvalue weighted by Gasteiger charge is 2.44. The van der Waals surface area contributed by atoms with Crippen molar-refractivity contribution >= 4 is 15.9 Å². The first kappa shape index (κ1) is 19.1. The van der Waals surface area contributed by atoms with Gasteiger partial charge in [0.1, 0.15) is 11.8 Å². The van der Waals surface area contributed by atoms with Crippen molar-refractivity contribution in [2.75, 3.05) is 7.11 Å². The second-order valence-corrected chi connectivity index (χ2v) is 8.56. The maximum atomic E-state index is 13.1. The first-order valence-corrected chi connectivity index (χ1v) is 10.5. The smallest absolute Gasteiger partial charge is 0.267 e. The Labute approximate surface area is 168 Å². The minimum absolute atomic E-state index is 0.0539. The van der Waals surface area contributed by atoms with E-state index in [2.05, 4.69) is 10.1 Å². The molecule has 1 atom stereocenters. The lowest BCUT2D eigenvalue weighted by molar-refractivity contribution is -0.124. The van der Waals surface area contributed by atoms with Crippen LogP contribution in [-0.4, -0.2) is 35.9 Å². The fraction of sp³-hybridized carbons (Fsp3) is 0.250. The maximum absolute atomic E-state index is 13.1. The van der Waals surface area contributed by atoms with Gasteiger partial charge in [0, 0.05) is 12.0 Å². The summed E-state index contributed by atoms with van der Waals surface area (Å²) in [5.74, 6) is 0.612. The molecule has 2 aromatic carbocycles. The van der Waals surface area contributed by atoms with Gasteiger partial charge in [0.25, 0.3) is 15.9 Å². The van der Waals surface area contributed by atoms with Crippen molar-refractivity contribution in [1.82, 2.24) is 14.4 Å². The first-order chi connectivity index (χ1) is 13.9. The highest BCUT2D eigenvalue weighted by molar-refractivity contribution is 7.89. The van der Waals surface area contributed by atoms with Gasteiger partial charge in [0.15, 0.2) is 0 Å². The van der Waals surface area contributed by atoms with Gasteiger partial charge < -0.3 is 9.26 Å². The van der Waals surface area contributed by atoms with E-state index in [0.717, 1.165) is 9.87 Å². The van der Waals surface area contributed by atoms with Crippen LogP contribution in [-0.2, 0) is 14.8 Å². The molecule has 0 aliphatic carbocycles. The predicted molar refractivity (Wildman–Crippen MR) is 103 cm³/mol. The molecule has 0 saturated carbocycles. The van der Waals surface area contributed by atoms with Crippen LogP contribution >= 0.6 is 0 Å². The molecule has 4 rings (SSSR count). The van der Waals surface area contributed by atoms with Crippen molar-refractivity contribution < 1.29 is 22.5 Å². The number of carbonyl (C=O) groups excluding carboxylic acids is 1. The number of sulfonamides is 1. The van der Waals surface area contributed by atoms with Crippen molar-refractivity contribution in [1.29, 1.82) is 0 Å². The number of hydrogen-bond acceptors (Lipinski definition) is 7. The van der Waals surface area contributed by atoms with E-state index in [1.54, 1.807) is 43.5 Å². The quantitative estimate of drug-likeness (QED) is 0.633. The van der Waals surface area contributed by atoms with E-state index in [0.29, 0.717) is 17.1 Å². The highest BCUT2D eigenvalue weighted by Crippen LogP contribution is 2.37. The van der Waals surface area contributed by atoms with Crippen LogP contribution in [0.3, 0.4) is 0 Å². The van der Waals surface area contributed by atoms with Crippen LogP contribution in [0.1, 0.15) is 30.3 Å². The SMILES string of the molecule is COc1ccc(-c2noc([C@H]3CCC(=O)N3S(=O)(=O)c3ccc(C)cc3)n2)cc1.